The average Bonchev–Trinajstić information content (AvgIpc) is 2.87. The van der Waals surface area contributed by atoms with E-state index in [0.29, 0.717) is 49.8 Å². The lowest BCUT2D eigenvalue weighted by atomic mass is 9.83. The lowest BCUT2D eigenvalue weighted by Crippen LogP contribution is -2.30. The van der Waals surface area contributed by atoms with Crippen molar-refractivity contribution >= 4 is 8.58 Å². The molecule has 29 heavy (non-hydrogen) atoms. The molecule has 0 saturated heterocycles. The first-order valence-electron chi connectivity index (χ1n) is 9.36. The van der Waals surface area contributed by atoms with Crippen LogP contribution in [0.5, 0.6) is 5.88 Å². The summed E-state index contributed by atoms with van der Waals surface area (Å²) in [5.41, 5.74) is 0.683. The van der Waals surface area contributed by atoms with Crippen molar-refractivity contribution in [1.82, 2.24) is 19.9 Å². The molecule has 0 aromatic carbocycles. The molecule has 2 aromatic heterocycles. The first-order valence-corrected chi connectivity index (χ1v) is 11.1. The fraction of sp³-hybridized carbons (Fsp3) is 0.381. The van der Waals surface area contributed by atoms with Gasteiger partial charge in [-0.15, -0.1) is 8.58 Å². The first-order chi connectivity index (χ1) is 13.9. The number of aliphatic hydroxyl groups excluding tert-OH is 1. The highest BCUT2D eigenvalue weighted by Crippen LogP contribution is 2.33. The maximum absolute atomic E-state index is 10.2. The van der Waals surface area contributed by atoms with E-state index >= 15 is 0 Å². The standard InChI is InChI=1S/C21H24N5O2P/c1-14-23-7-5-19(26-14)28-17-8-15(10-22)4-6-21(2,9-17)20-24-11-16(12-25-20)18(27)13-29-3/h4-8,11-12,17-18,27,29H,9,13H2,1-3H3. The van der Waals surface area contributed by atoms with Gasteiger partial charge in [-0.3, -0.25) is 0 Å². The lowest BCUT2D eigenvalue weighted by Gasteiger charge is -2.27. The first kappa shape index (κ1) is 21.0. The summed E-state index contributed by atoms with van der Waals surface area (Å²) in [6, 6.07) is 3.88. The van der Waals surface area contributed by atoms with Crippen LogP contribution in [0.2, 0.25) is 0 Å². The van der Waals surface area contributed by atoms with E-state index < -0.39 is 11.5 Å². The van der Waals surface area contributed by atoms with Gasteiger partial charge < -0.3 is 9.84 Å². The lowest BCUT2D eigenvalue weighted by molar-refractivity contribution is 0.199. The molecule has 0 aliphatic heterocycles. The molecule has 0 spiro atoms. The van der Waals surface area contributed by atoms with Gasteiger partial charge >= 0.3 is 0 Å². The molecule has 4 unspecified atom stereocenters. The van der Waals surface area contributed by atoms with Crippen molar-refractivity contribution in [2.45, 2.75) is 37.9 Å². The molecule has 2 aromatic rings. The normalized spacial score (nSPS) is 22.7. The summed E-state index contributed by atoms with van der Waals surface area (Å²) in [5.74, 6) is 1.69. The van der Waals surface area contributed by atoms with Crippen LogP contribution in [0.25, 0.3) is 0 Å². The Labute approximate surface area is 172 Å². The van der Waals surface area contributed by atoms with Gasteiger partial charge in [0, 0.05) is 42.1 Å². The van der Waals surface area contributed by atoms with Gasteiger partial charge in [0.2, 0.25) is 5.88 Å². The van der Waals surface area contributed by atoms with Gasteiger partial charge in [0.1, 0.15) is 17.8 Å². The van der Waals surface area contributed by atoms with E-state index in [1.807, 2.05) is 13.0 Å². The molecule has 0 bridgehead atoms. The number of nitriles is 1. The summed E-state index contributed by atoms with van der Waals surface area (Å²) in [5, 5.41) is 19.6. The van der Waals surface area contributed by atoms with Crippen LogP contribution in [0.1, 0.15) is 36.7 Å². The molecular weight excluding hydrogens is 385 g/mol. The Morgan fingerprint density at radius 1 is 1.38 bits per heavy atom. The minimum atomic E-state index is -0.547. The molecule has 150 valence electrons. The van der Waals surface area contributed by atoms with Crippen molar-refractivity contribution in [2.24, 2.45) is 0 Å². The van der Waals surface area contributed by atoms with Crippen molar-refractivity contribution in [1.29, 1.82) is 5.26 Å². The molecule has 0 saturated carbocycles. The summed E-state index contributed by atoms with van der Waals surface area (Å²) in [6.45, 7) is 5.86. The Morgan fingerprint density at radius 2 is 2.14 bits per heavy atom. The Bertz CT molecular complexity index is 954. The van der Waals surface area contributed by atoms with Crippen LogP contribution in [-0.4, -0.2) is 44.0 Å². The van der Waals surface area contributed by atoms with Gasteiger partial charge in [0.25, 0.3) is 0 Å². The van der Waals surface area contributed by atoms with Crippen LogP contribution in [0, 0.1) is 18.3 Å². The number of aromatic nitrogens is 4. The number of ether oxygens (including phenoxy) is 1. The second-order valence-electron chi connectivity index (χ2n) is 7.20. The van der Waals surface area contributed by atoms with Crippen LogP contribution < -0.4 is 4.74 Å². The Kier molecular flexibility index (Phi) is 6.68. The van der Waals surface area contributed by atoms with E-state index in [1.54, 1.807) is 43.7 Å². The summed E-state index contributed by atoms with van der Waals surface area (Å²) in [7, 11) is 0.656. The summed E-state index contributed by atoms with van der Waals surface area (Å²) in [6.07, 6.45) is 10.8. The molecule has 0 amide bonds. The van der Waals surface area contributed by atoms with Crippen LogP contribution in [0.15, 0.2) is 48.5 Å². The third-order valence-corrected chi connectivity index (χ3v) is 5.53. The highest BCUT2D eigenvalue weighted by molar-refractivity contribution is 7.37. The van der Waals surface area contributed by atoms with Crippen LogP contribution >= 0.6 is 8.58 Å². The van der Waals surface area contributed by atoms with Gasteiger partial charge in [-0.2, -0.15) is 10.2 Å². The minimum Gasteiger partial charge on any atom is -0.470 e. The zero-order chi connectivity index (χ0) is 20.9. The highest BCUT2D eigenvalue weighted by atomic mass is 31.1. The van der Waals surface area contributed by atoms with E-state index in [1.165, 1.54) is 0 Å². The molecule has 2 heterocycles. The predicted molar refractivity (Wildman–Crippen MR) is 112 cm³/mol. The molecule has 1 aliphatic carbocycles. The largest absolute Gasteiger partial charge is 0.470 e. The topological polar surface area (TPSA) is 105 Å². The SMILES string of the molecule is CPCC(O)c1cnc(C2(C)C=CC(C#N)=CC(Oc3ccnc(C)n3)C2)nc1. The Balaban J connectivity index is 1.87. The van der Waals surface area contributed by atoms with Crippen LogP contribution in [0.3, 0.4) is 0 Å². The zero-order valence-electron chi connectivity index (χ0n) is 16.7. The number of hydrogen-bond acceptors (Lipinski definition) is 7. The third kappa shape index (κ3) is 5.23. The molecule has 1 N–H and O–H groups in total. The molecule has 7 nitrogen and oxygen atoms in total. The number of hydrogen-bond donors (Lipinski definition) is 1. The zero-order valence-corrected chi connectivity index (χ0v) is 17.7. The van der Waals surface area contributed by atoms with Crippen molar-refractivity contribution in [3.05, 3.63) is 65.7 Å². The Hall–Kier alpha value is -2.68. The summed E-state index contributed by atoms with van der Waals surface area (Å²) in [4.78, 5) is 17.4. The maximum Gasteiger partial charge on any atom is 0.217 e. The smallest absolute Gasteiger partial charge is 0.217 e. The van der Waals surface area contributed by atoms with E-state index in [0.717, 1.165) is 0 Å². The third-order valence-electron chi connectivity index (χ3n) is 4.74. The molecule has 0 fully saturated rings. The predicted octanol–water partition coefficient (Wildman–Crippen LogP) is 3.03. The minimum absolute atomic E-state index is 0.380. The van der Waals surface area contributed by atoms with Gasteiger partial charge in [0.15, 0.2) is 0 Å². The van der Waals surface area contributed by atoms with Gasteiger partial charge in [-0.25, -0.2) is 15.0 Å². The van der Waals surface area contributed by atoms with Crippen molar-refractivity contribution in [3.63, 3.8) is 0 Å². The molecule has 8 heteroatoms. The fourth-order valence-electron chi connectivity index (χ4n) is 3.16. The van der Waals surface area contributed by atoms with E-state index in [-0.39, 0.29) is 6.10 Å². The summed E-state index contributed by atoms with van der Waals surface area (Å²) >= 11 is 0. The highest BCUT2D eigenvalue weighted by Gasteiger charge is 2.33. The van der Waals surface area contributed by atoms with E-state index in [9.17, 15) is 10.4 Å². The fourth-order valence-corrected chi connectivity index (χ4v) is 3.78. The number of nitrogens with zero attached hydrogens (tertiary/aromatic N) is 5. The van der Waals surface area contributed by atoms with Gasteiger partial charge in [-0.1, -0.05) is 6.08 Å². The number of aryl methyl sites for hydroxylation is 1. The molecule has 1 aliphatic rings. The van der Waals surface area contributed by atoms with E-state index in [2.05, 4.69) is 32.7 Å². The second kappa shape index (κ2) is 9.21. The molecule has 3 rings (SSSR count). The Morgan fingerprint density at radius 3 is 2.79 bits per heavy atom. The van der Waals surface area contributed by atoms with Crippen molar-refractivity contribution < 1.29 is 9.84 Å². The average molecular weight is 409 g/mol. The van der Waals surface area contributed by atoms with Crippen LogP contribution in [-0.2, 0) is 5.41 Å². The molecule has 4 atom stereocenters. The maximum atomic E-state index is 10.2. The molecule has 0 radical (unpaired) electrons. The monoisotopic (exact) mass is 409 g/mol. The number of rotatable bonds is 6. The van der Waals surface area contributed by atoms with Crippen molar-refractivity contribution in [2.75, 3.05) is 12.8 Å². The molecular formula is C21H24N5O2P. The van der Waals surface area contributed by atoms with Gasteiger partial charge in [0.05, 0.1) is 17.7 Å². The van der Waals surface area contributed by atoms with Crippen LogP contribution in [0.4, 0.5) is 0 Å². The quantitative estimate of drug-likeness (QED) is 0.731. The van der Waals surface area contributed by atoms with Crippen molar-refractivity contribution in [3.8, 4) is 11.9 Å². The van der Waals surface area contributed by atoms with Gasteiger partial charge in [-0.05, 0) is 38.8 Å². The second-order valence-corrected chi connectivity index (χ2v) is 8.32. The number of allylic oxidation sites excluding steroid dienone is 3. The van der Waals surface area contributed by atoms with E-state index in [4.69, 9.17) is 4.74 Å². The number of aliphatic hydroxyl groups is 1. The summed E-state index contributed by atoms with van der Waals surface area (Å²) < 4.78 is 6.05.